The van der Waals surface area contributed by atoms with Crippen LogP contribution in [0.25, 0.3) is 0 Å². The van der Waals surface area contributed by atoms with Gasteiger partial charge in [-0.1, -0.05) is 11.6 Å². The van der Waals surface area contributed by atoms with Crippen LogP contribution in [0, 0.1) is 0 Å². The summed E-state index contributed by atoms with van der Waals surface area (Å²) in [7, 11) is 0. The van der Waals surface area contributed by atoms with E-state index in [1.807, 2.05) is 19.9 Å². The van der Waals surface area contributed by atoms with Gasteiger partial charge in [0.2, 0.25) is 0 Å². The number of amides is 1. The number of aliphatic carboxylic acids is 1. The summed E-state index contributed by atoms with van der Waals surface area (Å²) in [5.74, 6) is -1.11. The van der Waals surface area contributed by atoms with Crippen molar-refractivity contribution in [2.24, 2.45) is 0 Å². The van der Waals surface area contributed by atoms with Crippen molar-refractivity contribution in [3.05, 3.63) is 11.6 Å². The van der Waals surface area contributed by atoms with E-state index in [-0.39, 0.29) is 13.0 Å². The van der Waals surface area contributed by atoms with Gasteiger partial charge in [-0.05, 0) is 34.6 Å². The summed E-state index contributed by atoms with van der Waals surface area (Å²) in [5, 5.41) is 11.3. The van der Waals surface area contributed by atoms with Gasteiger partial charge in [0.25, 0.3) is 0 Å². The molecule has 0 radical (unpaired) electrons. The first-order valence-electron chi connectivity index (χ1n) is 6.55. The Kier molecular flexibility index (Phi) is 7.91. The third-order valence-electron chi connectivity index (χ3n) is 2.15. The van der Waals surface area contributed by atoms with Crippen molar-refractivity contribution in [2.45, 2.75) is 52.7 Å². The van der Waals surface area contributed by atoms with Crippen molar-refractivity contribution in [1.82, 2.24) is 5.32 Å². The fourth-order valence-electron chi connectivity index (χ4n) is 1.22. The molecule has 0 saturated carbocycles. The molecule has 0 bridgehead atoms. The highest BCUT2D eigenvalue weighted by atomic mass is 16.6. The zero-order chi connectivity index (χ0) is 15.8. The Balaban J connectivity index is 4.15. The number of carboxylic acids is 1. The molecule has 6 nitrogen and oxygen atoms in total. The molecular formula is C14H25NO5. The predicted molar refractivity (Wildman–Crippen MR) is 75.7 cm³/mol. The second-order valence-electron chi connectivity index (χ2n) is 5.68. The van der Waals surface area contributed by atoms with Crippen LogP contribution in [0.15, 0.2) is 11.6 Å². The van der Waals surface area contributed by atoms with Crippen LogP contribution >= 0.6 is 0 Å². The first-order valence-corrected chi connectivity index (χ1v) is 6.55. The van der Waals surface area contributed by atoms with Crippen LogP contribution in [0.5, 0.6) is 0 Å². The molecule has 116 valence electrons. The Morgan fingerprint density at radius 2 is 1.90 bits per heavy atom. The van der Waals surface area contributed by atoms with Crippen LogP contribution in [-0.4, -0.2) is 42.0 Å². The van der Waals surface area contributed by atoms with Gasteiger partial charge in [0, 0.05) is 13.0 Å². The minimum Gasteiger partial charge on any atom is -0.480 e. The molecule has 0 aromatic rings. The van der Waals surface area contributed by atoms with E-state index >= 15 is 0 Å². The molecule has 0 rings (SSSR count). The minimum atomic E-state index is -1.11. The van der Waals surface area contributed by atoms with Crippen molar-refractivity contribution < 1.29 is 24.2 Å². The van der Waals surface area contributed by atoms with Gasteiger partial charge >= 0.3 is 12.1 Å². The number of hydrogen-bond acceptors (Lipinski definition) is 4. The highest BCUT2D eigenvalue weighted by molar-refractivity contribution is 5.79. The van der Waals surface area contributed by atoms with Crippen LogP contribution in [0.4, 0.5) is 4.79 Å². The molecule has 6 heteroatoms. The van der Waals surface area contributed by atoms with Crippen LogP contribution in [0.2, 0.25) is 0 Å². The lowest BCUT2D eigenvalue weighted by Crippen LogP contribution is -2.44. The number of carboxylic acid groups (broad SMARTS) is 1. The third kappa shape index (κ3) is 10.4. The third-order valence-corrected chi connectivity index (χ3v) is 2.15. The van der Waals surface area contributed by atoms with E-state index in [0.717, 1.165) is 5.57 Å². The number of alkyl carbamates (subject to hydrolysis) is 1. The van der Waals surface area contributed by atoms with E-state index < -0.39 is 23.7 Å². The lowest BCUT2D eigenvalue weighted by molar-refractivity contribution is -0.140. The van der Waals surface area contributed by atoms with Gasteiger partial charge < -0.3 is 19.9 Å². The van der Waals surface area contributed by atoms with E-state index in [9.17, 15) is 9.59 Å². The second kappa shape index (κ2) is 8.58. The molecule has 0 spiro atoms. The maximum absolute atomic E-state index is 11.5. The monoisotopic (exact) mass is 287 g/mol. The Labute approximate surface area is 120 Å². The summed E-state index contributed by atoms with van der Waals surface area (Å²) in [6, 6.07) is -1.02. The topological polar surface area (TPSA) is 84.9 Å². The summed E-state index contributed by atoms with van der Waals surface area (Å²) in [5.41, 5.74) is 0.472. The Morgan fingerprint density at radius 3 is 2.35 bits per heavy atom. The van der Waals surface area contributed by atoms with Gasteiger partial charge in [-0.2, -0.15) is 0 Å². The number of hydrogen-bond donors (Lipinski definition) is 2. The summed E-state index contributed by atoms with van der Waals surface area (Å²) < 4.78 is 10.3. The van der Waals surface area contributed by atoms with Gasteiger partial charge in [0.05, 0.1) is 6.61 Å². The molecule has 0 unspecified atom stereocenters. The summed E-state index contributed by atoms with van der Waals surface area (Å²) in [6.45, 7) is 9.72. The molecule has 0 saturated heterocycles. The number of carbonyl (C=O) groups is 2. The number of ether oxygens (including phenoxy) is 2. The van der Waals surface area contributed by atoms with E-state index in [2.05, 4.69) is 5.32 Å². The molecule has 0 aliphatic heterocycles. The fourth-order valence-corrected chi connectivity index (χ4v) is 1.22. The summed E-state index contributed by atoms with van der Waals surface area (Å²) in [6.07, 6.45) is 1.34. The molecule has 0 heterocycles. The average Bonchev–Trinajstić information content (AvgIpc) is 2.23. The van der Waals surface area contributed by atoms with Crippen molar-refractivity contribution in [2.75, 3.05) is 13.2 Å². The first kappa shape index (κ1) is 18.4. The van der Waals surface area contributed by atoms with Gasteiger partial charge in [-0.25, -0.2) is 9.59 Å². The van der Waals surface area contributed by atoms with Crippen molar-refractivity contribution in [3.63, 3.8) is 0 Å². The second-order valence-corrected chi connectivity index (χ2v) is 5.68. The molecule has 20 heavy (non-hydrogen) atoms. The molecular weight excluding hydrogens is 262 g/mol. The van der Waals surface area contributed by atoms with Crippen LogP contribution < -0.4 is 5.32 Å². The molecule has 0 aliphatic carbocycles. The van der Waals surface area contributed by atoms with Gasteiger partial charge in [-0.3, -0.25) is 0 Å². The molecule has 0 aromatic carbocycles. The zero-order valence-corrected chi connectivity index (χ0v) is 12.9. The molecule has 0 aliphatic rings. The Morgan fingerprint density at radius 1 is 1.30 bits per heavy atom. The fraction of sp³-hybridized carbons (Fsp3) is 0.714. The lowest BCUT2D eigenvalue weighted by atomic mass is 10.2. The van der Waals surface area contributed by atoms with Crippen molar-refractivity contribution >= 4 is 12.1 Å². The van der Waals surface area contributed by atoms with E-state index in [0.29, 0.717) is 6.61 Å². The number of allylic oxidation sites excluding steroid dienone is 1. The maximum Gasteiger partial charge on any atom is 0.408 e. The highest BCUT2D eigenvalue weighted by Gasteiger charge is 2.23. The standard InChI is InChI=1S/C14H25NO5/c1-10(2)6-8-19-9-7-11(12(16)17)15-13(18)20-14(3,4)5/h6,11H,7-9H2,1-5H3,(H,15,18)(H,16,17)/t11-/m0/s1. The highest BCUT2D eigenvalue weighted by Crippen LogP contribution is 2.07. The van der Waals surface area contributed by atoms with Crippen LogP contribution in [0.3, 0.4) is 0 Å². The summed E-state index contributed by atoms with van der Waals surface area (Å²) in [4.78, 5) is 22.5. The minimum absolute atomic E-state index is 0.186. The molecule has 0 aromatic heterocycles. The SMILES string of the molecule is CC(C)=CCOCC[C@H](NC(=O)OC(C)(C)C)C(=O)O. The lowest BCUT2D eigenvalue weighted by Gasteiger charge is -2.21. The molecule has 2 N–H and O–H groups in total. The van der Waals surface area contributed by atoms with Crippen molar-refractivity contribution in [1.29, 1.82) is 0 Å². The number of rotatable bonds is 7. The molecule has 1 atom stereocenters. The predicted octanol–water partition coefficient (Wildman–Crippen LogP) is 2.34. The van der Waals surface area contributed by atoms with Crippen molar-refractivity contribution in [3.8, 4) is 0 Å². The Hall–Kier alpha value is -1.56. The number of carbonyl (C=O) groups excluding carboxylic acids is 1. The average molecular weight is 287 g/mol. The molecule has 1 amide bonds. The largest absolute Gasteiger partial charge is 0.480 e. The van der Waals surface area contributed by atoms with Gasteiger partial charge in [0.1, 0.15) is 11.6 Å². The quantitative estimate of drug-likeness (QED) is 0.554. The Bertz CT molecular complexity index is 353. The smallest absolute Gasteiger partial charge is 0.408 e. The van der Waals surface area contributed by atoms with Crippen LogP contribution in [0.1, 0.15) is 41.0 Å². The maximum atomic E-state index is 11.5. The van der Waals surface area contributed by atoms with E-state index in [1.165, 1.54) is 0 Å². The number of nitrogens with one attached hydrogen (secondary N) is 1. The van der Waals surface area contributed by atoms with E-state index in [4.69, 9.17) is 14.6 Å². The van der Waals surface area contributed by atoms with E-state index in [1.54, 1.807) is 20.8 Å². The zero-order valence-electron chi connectivity index (χ0n) is 12.9. The molecule has 0 fully saturated rings. The first-order chi connectivity index (χ1) is 9.11. The van der Waals surface area contributed by atoms with Gasteiger partial charge in [-0.15, -0.1) is 0 Å². The van der Waals surface area contributed by atoms with Crippen LogP contribution in [-0.2, 0) is 14.3 Å². The summed E-state index contributed by atoms with van der Waals surface area (Å²) >= 11 is 0. The normalized spacial score (nSPS) is 12.4. The van der Waals surface area contributed by atoms with Gasteiger partial charge in [0.15, 0.2) is 0 Å².